The lowest BCUT2D eigenvalue weighted by Crippen LogP contribution is -2.45. The Morgan fingerprint density at radius 3 is 2.45 bits per heavy atom. The zero-order valence-electron chi connectivity index (χ0n) is 20.0. The van der Waals surface area contributed by atoms with Gasteiger partial charge in [0.1, 0.15) is 0 Å². The Morgan fingerprint density at radius 1 is 1.03 bits per heavy atom. The lowest BCUT2D eigenvalue weighted by Gasteiger charge is -2.41. The van der Waals surface area contributed by atoms with Crippen molar-refractivity contribution in [3.8, 4) is 0 Å². The third kappa shape index (κ3) is 4.38. The molecule has 1 aromatic heterocycles. The van der Waals surface area contributed by atoms with Crippen LogP contribution < -0.4 is 9.80 Å². The third-order valence-corrected chi connectivity index (χ3v) is 7.96. The van der Waals surface area contributed by atoms with Gasteiger partial charge in [0.25, 0.3) is 0 Å². The van der Waals surface area contributed by atoms with Crippen LogP contribution >= 0.6 is 0 Å². The van der Waals surface area contributed by atoms with Crippen LogP contribution in [-0.4, -0.2) is 62.7 Å². The van der Waals surface area contributed by atoms with Crippen LogP contribution in [0.4, 0.5) is 11.4 Å². The molecule has 2 saturated heterocycles. The summed E-state index contributed by atoms with van der Waals surface area (Å²) < 4.78 is 5.82. The SMILES string of the molecule is COC1(c2ccc(N3CCC[C@H](Cc4ncccc4N4CCN(C)CC4)C3=O)cc2)CCC1. The first-order chi connectivity index (χ1) is 16.1. The first-order valence-electron chi connectivity index (χ1n) is 12.4. The molecule has 1 amide bonds. The Kier molecular flexibility index (Phi) is 6.39. The second kappa shape index (κ2) is 9.43. The minimum absolute atomic E-state index is 0.0171. The second-order valence-electron chi connectivity index (χ2n) is 9.89. The number of aromatic nitrogens is 1. The highest BCUT2D eigenvalue weighted by molar-refractivity contribution is 5.96. The number of pyridine rings is 1. The van der Waals surface area contributed by atoms with Gasteiger partial charge in [0.15, 0.2) is 0 Å². The van der Waals surface area contributed by atoms with E-state index < -0.39 is 0 Å². The van der Waals surface area contributed by atoms with Gasteiger partial charge in [-0.3, -0.25) is 9.78 Å². The molecule has 0 bridgehead atoms. The first-order valence-corrected chi connectivity index (χ1v) is 12.4. The van der Waals surface area contributed by atoms with Crippen LogP contribution in [0.5, 0.6) is 0 Å². The summed E-state index contributed by atoms with van der Waals surface area (Å²) in [6.07, 6.45) is 7.90. The van der Waals surface area contributed by atoms with Crippen LogP contribution in [0.2, 0.25) is 0 Å². The highest BCUT2D eigenvalue weighted by atomic mass is 16.5. The van der Waals surface area contributed by atoms with Gasteiger partial charge >= 0.3 is 0 Å². The van der Waals surface area contributed by atoms with Gasteiger partial charge in [0.2, 0.25) is 5.91 Å². The normalized spacial score (nSPS) is 23.5. The summed E-state index contributed by atoms with van der Waals surface area (Å²) in [6, 6.07) is 12.7. The molecule has 2 aromatic rings. The molecule has 6 heteroatoms. The summed E-state index contributed by atoms with van der Waals surface area (Å²) in [7, 11) is 3.98. The number of ether oxygens (including phenoxy) is 1. The van der Waals surface area contributed by atoms with Crippen molar-refractivity contribution in [1.82, 2.24) is 9.88 Å². The van der Waals surface area contributed by atoms with Crippen molar-refractivity contribution >= 4 is 17.3 Å². The Bertz CT molecular complexity index is 959. The lowest BCUT2D eigenvalue weighted by atomic mass is 9.75. The molecule has 1 atom stereocenters. The van der Waals surface area contributed by atoms with Gasteiger partial charge in [-0.1, -0.05) is 12.1 Å². The molecule has 6 nitrogen and oxygen atoms in total. The number of anilines is 2. The fourth-order valence-corrected chi connectivity index (χ4v) is 5.60. The number of amides is 1. The number of methoxy groups -OCH3 is 1. The number of hydrogen-bond donors (Lipinski definition) is 0. The minimum Gasteiger partial charge on any atom is -0.374 e. The number of piperidine rings is 1. The predicted octanol–water partition coefficient (Wildman–Crippen LogP) is 3.84. The summed E-state index contributed by atoms with van der Waals surface area (Å²) in [5.74, 6) is 0.213. The van der Waals surface area contributed by atoms with E-state index in [1.807, 2.05) is 17.2 Å². The van der Waals surface area contributed by atoms with E-state index in [-0.39, 0.29) is 17.4 Å². The maximum absolute atomic E-state index is 13.5. The van der Waals surface area contributed by atoms with Gasteiger partial charge in [-0.25, -0.2) is 0 Å². The van der Waals surface area contributed by atoms with Crippen molar-refractivity contribution in [2.45, 2.75) is 44.1 Å². The molecule has 1 aromatic carbocycles. The van der Waals surface area contributed by atoms with E-state index in [9.17, 15) is 4.79 Å². The molecule has 1 saturated carbocycles. The van der Waals surface area contributed by atoms with Crippen LogP contribution in [0.1, 0.15) is 43.4 Å². The summed E-state index contributed by atoms with van der Waals surface area (Å²) in [4.78, 5) is 25.0. The van der Waals surface area contributed by atoms with Crippen molar-refractivity contribution in [2.75, 3.05) is 56.7 Å². The molecule has 1 aliphatic carbocycles. The Labute approximate surface area is 197 Å². The van der Waals surface area contributed by atoms with Gasteiger partial charge in [0.05, 0.1) is 17.0 Å². The maximum Gasteiger partial charge on any atom is 0.230 e. The fraction of sp³-hybridized carbons (Fsp3) is 0.556. The molecule has 0 N–H and O–H groups in total. The average Bonchev–Trinajstić information content (AvgIpc) is 2.82. The van der Waals surface area contributed by atoms with E-state index in [1.165, 1.54) is 17.7 Å². The largest absolute Gasteiger partial charge is 0.374 e. The van der Waals surface area contributed by atoms with Crippen molar-refractivity contribution in [1.29, 1.82) is 0 Å². The Balaban J connectivity index is 1.30. The number of benzene rings is 1. The van der Waals surface area contributed by atoms with Crippen molar-refractivity contribution < 1.29 is 9.53 Å². The van der Waals surface area contributed by atoms with Crippen LogP contribution in [0.15, 0.2) is 42.6 Å². The molecular formula is C27H36N4O2. The topological polar surface area (TPSA) is 48.9 Å². The molecule has 33 heavy (non-hydrogen) atoms. The van der Waals surface area contributed by atoms with Crippen LogP contribution in [0.3, 0.4) is 0 Å². The molecule has 3 aliphatic rings. The van der Waals surface area contributed by atoms with E-state index >= 15 is 0 Å². The zero-order chi connectivity index (χ0) is 22.8. The van der Waals surface area contributed by atoms with Crippen molar-refractivity contribution in [2.24, 2.45) is 5.92 Å². The van der Waals surface area contributed by atoms with Gasteiger partial charge in [0, 0.05) is 64.1 Å². The summed E-state index contributed by atoms with van der Waals surface area (Å²) in [5.41, 5.74) is 4.37. The Hall–Kier alpha value is -2.44. The molecule has 2 aliphatic heterocycles. The highest BCUT2D eigenvalue weighted by Gasteiger charge is 2.39. The Morgan fingerprint density at radius 2 is 1.79 bits per heavy atom. The minimum atomic E-state index is -0.119. The zero-order valence-corrected chi connectivity index (χ0v) is 20.0. The van der Waals surface area contributed by atoms with Gasteiger partial charge in [-0.05, 0) is 69.0 Å². The van der Waals surface area contributed by atoms with Gasteiger partial charge in [-0.2, -0.15) is 0 Å². The summed E-state index contributed by atoms with van der Waals surface area (Å²) in [5, 5.41) is 0. The van der Waals surface area contributed by atoms with Crippen molar-refractivity contribution in [3.63, 3.8) is 0 Å². The van der Waals surface area contributed by atoms with E-state index in [2.05, 4.69) is 47.2 Å². The molecule has 5 rings (SSSR count). The quantitative estimate of drug-likeness (QED) is 0.672. The van der Waals surface area contributed by atoms with E-state index in [0.29, 0.717) is 6.42 Å². The number of rotatable bonds is 6. The van der Waals surface area contributed by atoms with E-state index in [4.69, 9.17) is 9.72 Å². The molecule has 3 heterocycles. The number of nitrogens with zero attached hydrogens (tertiary/aromatic N) is 4. The monoisotopic (exact) mass is 448 g/mol. The van der Waals surface area contributed by atoms with Crippen molar-refractivity contribution in [3.05, 3.63) is 53.9 Å². The first kappa shape index (κ1) is 22.4. The summed E-state index contributed by atoms with van der Waals surface area (Å²) in [6.45, 7) is 4.93. The van der Waals surface area contributed by atoms with Gasteiger partial charge < -0.3 is 19.4 Å². The number of carbonyl (C=O) groups excluding carboxylic acids is 1. The van der Waals surface area contributed by atoms with Crippen LogP contribution in [-0.2, 0) is 21.6 Å². The molecule has 176 valence electrons. The number of likely N-dealkylation sites (N-methyl/N-ethyl adjacent to an activating group) is 1. The highest BCUT2D eigenvalue weighted by Crippen LogP contribution is 2.44. The number of hydrogen-bond acceptors (Lipinski definition) is 5. The number of carbonyl (C=O) groups is 1. The van der Waals surface area contributed by atoms with Crippen LogP contribution in [0.25, 0.3) is 0 Å². The lowest BCUT2D eigenvalue weighted by molar-refractivity contribution is -0.123. The standard InChI is InChI=1S/C27H36N4O2/c1-29-16-18-30(19-17-29)25-7-3-14-28-24(25)20-21-6-4-15-31(26(21)32)23-10-8-22(9-11-23)27(33-2)12-5-13-27/h3,7-11,14,21H,4-6,12-13,15-20H2,1-2H3/t21-/m1/s1. The molecule has 0 unspecified atom stereocenters. The third-order valence-electron chi connectivity index (χ3n) is 7.96. The van der Waals surface area contributed by atoms with Crippen LogP contribution in [0, 0.1) is 5.92 Å². The second-order valence-corrected chi connectivity index (χ2v) is 9.89. The fourth-order valence-electron chi connectivity index (χ4n) is 5.60. The van der Waals surface area contributed by atoms with Gasteiger partial charge in [-0.15, -0.1) is 0 Å². The average molecular weight is 449 g/mol. The molecular weight excluding hydrogens is 412 g/mol. The molecule has 3 fully saturated rings. The maximum atomic E-state index is 13.5. The van der Waals surface area contributed by atoms with E-state index in [0.717, 1.165) is 69.8 Å². The predicted molar refractivity (Wildman–Crippen MR) is 132 cm³/mol. The smallest absolute Gasteiger partial charge is 0.230 e. The molecule has 0 radical (unpaired) electrons. The van der Waals surface area contributed by atoms with E-state index in [1.54, 1.807) is 7.11 Å². The summed E-state index contributed by atoms with van der Waals surface area (Å²) >= 11 is 0. The number of piperazine rings is 1. The molecule has 0 spiro atoms.